The van der Waals surface area contributed by atoms with Gasteiger partial charge in [0.1, 0.15) is 48.8 Å². The van der Waals surface area contributed by atoms with Crippen LogP contribution in [0.5, 0.6) is 0 Å². The minimum atomic E-state index is -2.31. The molecule has 0 aromatic carbocycles. The van der Waals surface area contributed by atoms with Crippen molar-refractivity contribution in [3.8, 4) is 0 Å². The van der Waals surface area contributed by atoms with Crippen LogP contribution in [0.3, 0.4) is 0 Å². The molecule has 0 amide bonds. The number of aliphatic carboxylic acids is 2. The maximum absolute atomic E-state index is 9.98. The van der Waals surface area contributed by atoms with Gasteiger partial charge in [-0.2, -0.15) is 0 Å². The zero-order chi connectivity index (χ0) is 21.2. The summed E-state index contributed by atoms with van der Waals surface area (Å²) in [5.74, 6) is -3.95. The topological polar surface area (TPSA) is 283 Å². The fourth-order valence-electron chi connectivity index (χ4n) is 1.32. The van der Waals surface area contributed by atoms with Crippen molar-refractivity contribution in [2.45, 2.75) is 48.8 Å². The van der Waals surface area contributed by atoms with Crippen molar-refractivity contribution in [3.63, 3.8) is 0 Å². The van der Waals surface area contributed by atoms with Crippen LogP contribution in [0.15, 0.2) is 0 Å². The molecule has 0 aliphatic heterocycles. The van der Waals surface area contributed by atoms with E-state index in [1.54, 1.807) is 0 Å². The number of carboxylic acid groups (broad SMARTS) is 2. The largest absolute Gasteiger partial charge is 2.00 e. The third-order valence-corrected chi connectivity index (χ3v) is 2.99. The first-order valence-corrected chi connectivity index (χ1v) is 6.91. The Morgan fingerprint density at radius 1 is 0.600 bits per heavy atom. The Kier molecular flexibility index (Phi) is 34.5. The normalized spacial score (nSPS) is 17.7. The smallest absolute Gasteiger partial charge is 1.00 e. The van der Waals surface area contributed by atoms with Crippen molar-refractivity contribution in [3.05, 3.63) is 0 Å². The molecule has 172 valence electrons. The number of carbonyl (C=O) groups excluding carboxylic acids is 2. The number of carboxylic acids is 2. The van der Waals surface area contributed by atoms with Crippen molar-refractivity contribution in [1.82, 2.24) is 0 Å². The molecule has 0 aliphatic rings. The summed E-state index contributed by atoms with van der Waals surface area (Å²) in [5, 5.41) is 107. The zero-order valence-corrected chi connectivity index (χ0v) is 22.0. The van der Waals surface area contributed by atoms with Crippen LogP contribution in [0.2, 0.25) is 0 Å². The Balaban J connectivity index is -0.0000000847. The number of aliphatic hydroxyl groups is 10. The van der Waals surface area contributed by atoms with Crippen LogP contribution in [0.25, 0.3) is 0 Å². The fourth-order valence-corrected chi connectivity index (χ4v) is 1.32. The van der Waals surface area contributed by atoms with E-state index in [0.29, 0.717) is 0 Å². The van der Waals surface area contributed by atoms with Crippen molar-refractivity contribution < 1.29 is 115 Å². The molecule has 0 aromatic heterocycles. The molecule has 0 saturated heterocycles. The fraction of sp³-hybridized carbons (Fsp3) is 0.833. The summed E-state index contributed by atoms with van der Waals surface area (Å²) in [4.78, 5) is 20.0. The SMILES string of the molecule is O=C([O-])[C@H](O)[C@@H](O)[C@H](O)[C@H](O)CO.O=C([O-])[C@H](O)[C@@H](O)[C@H](O)[C@H](O)CO.[Ca+2].[Cl-].[Cl-].[Zn+2]. The standard InChI is InChI=1S/2C6H12O7.Ca.2ClH.Zn/c2*7-1-2(8)3(9)4(10)5(11)6(12)13;;;;/h2*2-5,7-11H,1H2,(H,12,13);;2*1H;/q;;+2;;;+2/p-4/t2*2-,3-,4+,5-;;;;/m11..../s1. The first-order chi connectivity index (χ1) is 11.8. The van der Waals surface area contributed by atoms with Gasteiger partial charge in [-0.1, -0.05) is 0 Å². The molecule has 0 aliphatic carbocycles. The van der Waals surface area contributed by atoms with Crippen LogP contribution in [0.1, 0.15) is 0 Å². The molecule has 10 N–H and O–H groups in total. The minimum absolute atomic E-state index is 0. The maximum atomic E-state index is 9.98. The van der Waals surface area contributed by atoms with Gasteiger partial charge in [-0.05, 0) is 0 Å². The van der Waals surface area contributed by atoms with E-state index in [1.165, 1.54) is 0 Å². The summed E-state index contributed by atoms with van der Waals surface area (Å²) >= 11 is 0. The molecule has 0 bridgehead atoms. The van der Waals surface area contributed by atoms with Crippen LogP contribution in [0.4, 0.5) is 0 Å². The van der Waals surface area contributed by atoms with Gasteiger partial charge in [-0.25, -0.2) is 0 Å². The maximum Gasteiger partial charge on any atom is 2.00 e. The van der Waals surface area contributed by atoms with Gasteiger partial charge >= 0.3 is 57.2 Å². The number of carbonyl (C=O) groups is 2. The second-order valence-electron chi connectivity index (χ2n) is 4.99. The predicted molar refractivity (Wildman–Crippen MR) is 78.0 cm³/mol. The third-order valence-electron chi connectivity index (χ3n) is 2.99. The van der Waals surface area contributed by atoms with Gasteiger partial charge in [0.15, 0.2) is 0 Å². The minimum Gasteiger partial charge on any atom is -1.00 e. The molecule has 0 unspecified atom stereocenters. The van der Waals surface area contributed by atoms with Crippen molar-refractivity contribution in [1.29, 1.82) is 0 Å². The zero-order valence-electron chi connectivity index (χ0n) is 15.3. The number of halogens is 2. The number of rotatable bonds is 10. The molecule has 8 atom stereocenters. The quantitative estimate of drug-likeness (QED) is 0.110. The van der Waals surface area contributed by atoms with Crippen LogP contribution in [-0.2, 0) is 29.1 Å². The van der Waals surface area contributed by atoms with Gasteiger partial charge in [0.25, 0.3) is 0 Å². The molecule has 0 saturated carbocycles. The number of hydrogen-bond acceptors (Lipinski definition) is 14. The van der Waals surface area contributed by atoms with Gasteiger partial charge < -0.3 is 95.7 Å². The molecule has 0 heterocycles. The van der Waals surface area contributed by atoms with E-state index in [1.807, 2.05) is 0 Å². The first-order valence-electron chi connectivity index (χ1n) is 6.91. The Morgan fingerprint density at radius 2 is 0.800 bits per heavy atom. The molecular formula is C12H22CaCl2O14Zn. The Morgan fingerprint density at radius 3 is 0.933 bits per heavy atom. The third kappa shape index (κ3) is 16.6. The van der Waals surface area contributed by atoms with Crippen LogP contribution in [0, 0.1) is 0 Å². The van der Waals surface area contributed by atoms with Crippen LogP contribution < -0.4 is 35.0 Å². The predicted octanol–water partition coefficient (Wildman–Crippen LogP) is -16.0. The van der Waals surface area contributed by atoms with Gasteiger partial charge in [0.2, 0.25) is 0 Å². The summed E-state index contributed by atoms with van der Waals surface area (Å²) in [6.45, 7) is -1.73. The van der Waals surface area contributed by atoms with E-state index in [9.17, 15) is 19.8 Å². The van der Waals surface area contributed by atoms with E-state index < -0.39 is 74.0 Å². The number of hydrogen-bond donors (Lipinski definition) is 10. The van der Waals surface area contributed by atoms with Gasteiger partial charge in [0.05, 0.1) is 25.2 Å². The Hall–Kier alpha value is 1.00. The van der Waals surface area contributed by atoms with Crippen LogP contribution >= 0.6 is 0 Å². The molecule has 0 spiro atoms. The second-order valence-corrected chi connectivity index (χ2v) is 4.99. The monoisotopic (exact) mass is 564 g/mol. The second kappa shape index (κ2) is 23.2. The molecule has 0 radical (unpaired) electrons. The van der Waals surface area contributed by atoms with E-state index >= 15 is 0 Å². The van der Waals surface area contributed by atoms with E-state index in [-0.39, 0.29) is 82.0 Å². The van der Waals surface area contributed by atoms with Crippen LogP contribution in [-0.4, -0.2) is 163 Å². The van der Waals surface area contributed by atoms with Gasteiger partial charge in [-0.15, -0.1) is 0 Å². The van der Waals surface area contributed by atoms with Gasteiger partial charge in [-0.3, -0.25) is 0 Å². The van der Waals surface area contributed by atoms with Crippen molar-refractivity contribution >= 4 is 49.7 Å². The molecule has 0 rings (SSSR count). The Labute approximate surface area is 225 Å². The summed E-state index contributed by atoms with van der Waals surface area (Å²) in [5.41, 5.74) is 0. The molecular weight excluding hydrogens is 544 g/mol. The van der Waals surface area contributed by atoms with Crippen molar-refractivity contribution in [2.75, 3.05) is 13.2 Å². The summed E-state index contributed by atoms with van der Waals surface area (Å²) in [6.07, 6.45) is -16.2. The summed E-state index contributed by atoms with van der Waals surface area (Å²) in [6, 6.07) is 0. The average molecular weight is 567 g/mol. The van der Waals surface area contributed by atoms with Crippen molar-refractivity contribution in [2.24, 2.45) is 0 Å². The van der Waals surface area contributed by atoms with E-state index in [2.05, 4.69) is 0 Å². The average Bonchev–Trinajstić information content (AvgIpc) is 2.62. The summed E-state index contributed by atoms with van der Waals surface area (Å²) in [7, 11) is 0. The first kappa shape index (κ1) is 44.6. The Bertz CT molecular complexity index is 402. The molecule has 14 nitrogen and oxygen atoms in total. The molecule has 0 aromatic rings. The molecule has 0 fully saturated rings. The van der Waals surface area contributed by atoms with E-state index in [4.69, 9.17) is 51.1 Å². The molecule has 30 heavy (non-hydrogen) atoms. The number of aliphatic hydroxyl groups excluding tert-OH is 10. The molecule has 18 heteroatoms. The van der Waals surface area contributed by atoms with E-state index in [0.717, 1.165) is 0 Å². The summed E-state index contributed by atoms with van der Waals surface area (Å²) < 4.78 is 0. The van der Waals surface area contributed by atoms with Gasteiger partial charge in [0, 0.05) is 0 Å².